The minimum atomic E-state index is -4.73. The van der Waals surface area contributed by atoms with Gasteiger partial charge in [-0.25, -0.2) is 9.36 Å². The zero-order valence-electron chi connectivity index (χ0n) is 31.3. The molecule has 0 bridgehead atoms. The number of benzene rings is 4. The molecule has 296 valence electrons. The topological polar surface area (TPSA) is 190 Å². The van der Waals surface area contributed by atoms with Crippen molar-refractivity contribution in [1.29, 1.82) is 5.26 Å². The van der Waals surface area contributed by atoms with Crippen LogP contribution in [0, 0.1) is 11.3 Å². The van der Waals surface area contributed by atoms with E-state index in [0.717, 1.165) is 16.7 Å². The third-order valence-corrected chi connectivity index (χ3v) is 10.3. The van der Waals surface area contributed by atoms with E-state index in [4.69, 9.17) is 38.0 Å². The first-order chi connectivity index (χ1) is 27.6. The fourth-order valence-electron chi connectivity index (χ4n) is 6.45. The summed E-state index contributed by atoms with van der Waals surface area (Å²) in [5.41, 5.74) is 0.498. The number of hydrogen-bond acceptors (Lipinski definition) is 12. The van der Waals surface area contributed by atoms with Crippen molar-refractivity contribution < 1.29 is 47.0 Å². The number of amides is 1. The first-order valence-electron chi connectivity index (χ1n) is 17.8. The van der Waals surface area contributed by atoms with Crippen molar-refractivity contribution in [3.63, 3.8) is 0 Å². The zero-order chi connectivity index (χ0) is 40.4. The van der Waals surface area contributed by atoms with Gasteiger partial charge in [-0.05, 0) is 71.3 Å². The summed E-state index contributed by atoms with van der Waals surface area (Å²) in [5, 5.41) is 11.6. The molecule has 1 aliphatic rings. The molecular formula is C41H41N4O11P. The number of anilines is 1. The summed E-state index contributed by atoms with van der Waals surface area (Å²) in [6.07, 6.45) is -2.07. The summed E-state index contributed by atoms with van der Waals surface area (Å²) in [6.45, 7) is -0.563. The van der Waals surface area contributed by atoms with Crippen LogP contribution in [-0.2, 0) is 28.7 Å². The van der Waals surface area contributed by atoms with Gasteiger partial charge < -0.3 is 33.9 Å². The van der Waals surface area contributed by atoms with Crippen molar-refractivity contribution in [3.8, 4) is 23.3 Å². The molecule has 16 heteroatoms. The number of ether oxygens (including phenoxy) is 5. The molecule has 0 spiro atoms. The molecule has 57 heavy (non-hydrogen) atoms. The maximum absolute atomic E-state index is 13.4. The van der Waals surface area contributed by atoms with Crippen LogP contribution >= 0.6 is 7.82 Å². The Morgan fingerprint density at radius 3 is 2.00 bits per heavy atom. The van der Waals surface area contributed by atoms with E-state index in [2.05, 4.69) is 10.3 Å². The largest absolute Gasteiger partial charge is 0.497 e. The number of phosphoric acid groups is 1. The fraction of sp³-hybridized carbons (Fsp3) is 0.268. The average Bonchev–Trinajstić information content (AvgIpc) is 3.62. The first kappa shape index (κ1) is 40.8. The molecule has 2 heterocycles. The number of phosphoric ester groups is 1. The highest BCUT2D eigenvalue weighted by molar-refractivity contribution is 7.47. The third-order valence-electron chi connectivity index (χ3n) is 9.29. The number of hydrogen-bond donors (Lipinski definition) is 2. The second-order valence-corrected chi connectivity index (χ2v) is 14.1. The molecule has 0 saturated carbocycles. The summed E-state index contributed by atoms with van der Waals surface area (Å²) < 4.78 is 54.5. The first-order valence-corrected chi connectivity index (χ1v) is 19.3. The minimum Gasteiger partial charge on any atom is -0.497 e. The highest BCUT2D eigenvalue weighted by Gasteiger charge is 2.45. The van der Waals surface area contributed by atoms with E-state index in [1.165, 1.54) is 23.9 Å². The van der Waals surface area contributed by atoms with Crippen molar-refractivity contribution in [2.24, 2.45) is 0 Å². The molecule has 0 aliphatic carbocycles. The molecule has 6 rings (SSSR count). The Morgan fingerprint density at radius 1 is 0.895 bits per heavy atom. The molecule has 0 radical (unpaired) electrons. The van der Waals surface area contributed by atoms with Gasteiger partial charge in [0.05, 0.1) is 47.0 Å². The van der Waals surface area contributed by atoms with Gasteiger partial charge in [-0.15, -0.1) is 0 Å². The Morgan fingerprint density at radius 2 is 1.46 bits per heavy atom. The zero-order valence-corrected chi connectivity index (χ0v) is 32.2. The van der Waals surface area contributed by atoms with Crippen LogP contribution in [0.15, 0.2) is 120 Å². The van der Waals surface area contributed by atoms with Crippen molar-refractivity contribution >= 4 is 19.5 Å². The number of carbonyl (C=O) groups excluding carboxylic acids is 1. The number of nitriles is 1. The number of methoxy groups -OCH3 is 3. The molecular weight excluding hydrogens is 755 g/mol. The Bertz CT molecular complexity index is 2220. The molecule has 15 nitrogen and oxygen atoms in total. The average molecular weight is 797 g/mol. The Balaban J connectivity index is 1.33. The molecule has 1 saturated heterocycles. The Labute approximate surface area is 328 Å². The van der Waals surface area contributed by atoms with E-state index in [0.29, 0.717) is 22.8 Å². The number of rotatable bonds is 17. The van der Waals surface area contributed by atoms with Gasteiger partial charge in [0.1, 0.15) is 47.1 Å². The highest BCUT2D eigenvalue weighted by atomic mass is 31.2. The van der Waals surface area contributed by atoms with Gasteiger partial charge in [0.25, 0.3) is 5.91 Å². The lowest BCUT2D eigenvalue weighted by Gasteiger charge is -2.37. The summed E-state index contributed by atoms with van der Waals surface area (Å²) in [4.78, 5) is 41.0. The van der Waals surface area contributed by atoms with Crippen LogP contribution in [0.2, 0.25) is 0 Å². The van der Waals surface area contributed by atoms with Crippen LogP contribution < -0.4 is 25.2 Å². The van der Waals surface area contributed by atoms with E-state index >= 15 is 0 Å². The fourth-order valence-corrected chi connectivity index (χ4v) is 7.40. The molecule has 1 unspecified atom stereocenters. The van der Waals surface area contributed by atoms with Crippen LogP contribution in [0.1, 0.15) is 46.1 Å². The predicted molar refractivity (Wildman–Crippen MR) is 207 cm³/mol. The lowest BCUT2D eigenvalue weighted by molar-refractivity contribution is -0.0939. The van der Waals surface area contributed by atoms with E-state index in [1.54, 1.807) is 38.5 Å². The molecule has 1 fully saturated rings. The highest BCUT2D eigenvalue weighted by Crippen LogP contribution is 2.49. The van der Waals surface area contributed by atoms with E-state index < -0.39 is 43.5 Å². The van der Waals surface area contributed by atoms with Crippen molar-refractivity contribution in [2.75, 3.05) is 39.9 Å². The van der Waals surface area contributed by atoms with Crippen LogP contribution in [0.4, 0.5) is 5.82 Å². The molecule has 4 aromatic carbocycles. The van der Waals surface area contributed by atoms with Gasteiger partial charge in [0.15, 0.2) is 0 Å². The molecule has 5 aromatic rings. The minimum absolute atomic E-state index is 0.000119. The number of carbonyl (C=O) groups is 1. The van der Waals surface area contributed by atoms with Crippen molar-refractivity contribution in [3.05, 3.63) is 148 Å². The molecule has 1 aliphatic heterocycles. The smallest absolute Gasteiger partial charge is 0.472 e. The third kappa shape index (κ3) is 9.58. The second kappa shape index (κ2) is 18.4. The molecule has 2 N–H and O–H groups in total. The maximum atomic E-state index is 13.4. The van der Waals surface area contributed by atoms with Crippen molar-refractivity contribution in [2.45, 2.75) is 36.9 Å². The van der Waals surface area contributed by atoms with Crippen LogP contribution in [0.5, 0.6) is 17.2 Å². The normalized spacial score (nSPS) is 17.6. The number of aromatic nitrogens is 2. The van der Waals surface area contributed by atoms with E-state index in [1.807, 2.05) is 84.9 Å². The molecule has 4 atom stereocenters. The summed E-state index contributed by atoms with van der Waals surface area (Å²) >= 11 is 0. The van der Waals surface area contributed by atoms with Crippen LogP contribution in [0.3, 0.4) is 0 Å². The van der Waals surface area contributed by atoms with Gasteiger partial charge in [-0.1, -0.05) is 54.6 Å². The summed E-state index contributed by atoms with van der Waals surface area (Å²) in [7, 11) is -0.0635. The van der Waals surface area contributed by atoms with Gasteiger partial charge in [0, 0.05) is 18.2 Å². The predicted octanol–water partition coefficient (Wildman–Crippen LogP) is 6.23. The van der Waals surface area contributed by atoms with E-state index in [9.17, 15) is 19.0 Å². The lowest BCUT2D eigenvalue weighted by Crippen LogP contribution is -2.38. The van der Waals surface area contributed by atoms with E-state index in [-0.39, 0.29) is 31.9 Å². The molecule has 1 aromatic heterocycles. The Kier molecular flexibility index (Phi) is 13.2. The van der Waals surface area contributed by atoms with Crippen LogP contribution in [-0.4, -0.2) is 67.1 Å². The monoisotopic (exact) mass is 796 g/mol. The standard InChI is InChI=1S/C41H41N4O11P/c1-50-32-16-10-28(11-17-32)39(46)43-37-22-24-45(40(47)44-37)38-26-35(56-57(48,49)54-25-7-23-42)36(55-38)27-53-41(29-8-5-4-6-9-29,30-12-18-33(51-2)19-13-30)31-14-20-34(52-3)21-15-31/h4-6,8-22,24,35-36,38H,7,25-27H2,1-3H3,(H,48,49)(H,43,44,46,47)/t35-,36+,38+/m0/s1. The van der Waals surface area contributed by atoms with Crippen LogP contribution in [0.25, 0.3) is 0 Å². The molecule has 1 amide bonds. The van der Waals surface area contributed by atoms with Gasteiger partial charge in [-0.3, -0.25) is 18.4 Å². The van der Waals surface area contributed by atoms with Crippen molar-refractivity contribution in [1.82, 2.24) is 9.55 Å². The number of nitrogens with zero attached hydrogens (tertiary/aromatic N) is 3. The van der Waals surface area contributed by atoms with Gasteiger partial charge in [0.2, 0.25) is 0 Å². The second-order valence-electron chi connectivity index (χ2n) is 12.7. The summed E-state index contributed by atoms with van der Waals surface area (Å²) in [6, 6.07) is 34.0. The quantitative estimate of drug-likeness (QED) is 0.0612. The summed E-state index contributed by atoms with van der Waals surface area (Å²) in [5.74, 6) is 1.35. The van der Waals surface area contributed by atoms with Gasteiger partial charge >= 0.3 is 13.5 Å². The lowest BCUT2D eigenvalue weighted by atomic mass is 9.80. The number of nitrogens with one attached hydrogen (secondary N) is 1. The maximum Gasteiger partial charge on any atom is 0.472 e. The van der Waals surface area contributed by atoms with Gasteiger partial charge in [-0.2, -0.15) is 10.2 Å². The SMILES string of the molecule is COc1ccc(C(=O)Nc2ccn([C@H]3C[C@H](OP(=O)(O)OCCC#N)[C@@H](COC(c4ccccc4)(c4ccc(OC)cc4)c4ccc(OC)cc4)O3)c(=O)n2)cc1. The Hall–Kier alpha value is -5.85.